The largest absolute Gasteiger partial charge is 0.459 e. The highest BCUT2D eigenvalue weighted by molar-refractivity contribution is 6.17. The minimum atomic E-state index is -0.143. The van der Waals surface area contributed by atoms with Gasteiger partial charge in [0, 0.05) is 18.0 Å². The van der Waals surface area contributed by atoms with Crippen LogP contribution in [0.25, 0.3) is 0 Å². The predicted molar refractivity (Wildman–Crippen MR) is 64.9 cm³/mol. The van der Waals surface area contributed by atoms with E-state index in [-0.39, 0.29) is 5.91 Å². The number of carbonyl (C=O) groups excluding carboxylic acids is 1. The minimum absolute atomic E-state index is 0.143. The first-order chi connectivity index (χ1) is 7.69. The van der Waals surface area contributed by atoms with Gasteiger partial charge in [-0.3, -0.25) is 4.79 Å². The molecule has 3 nitrogen and oxygen atoms in total. The van der Waals surface area contributed by atoms with Gasteiger partial charge >= 0.3 is 0 Å². The fourth-order valence-corrected chi connectivity index (χ4v) is 1.84. The average Bonchev–Trinajstić information content (AvgIpc) is 2.70. The zero-order chi connectivity index (χ0) is 12.0. The molecule has 4 heteroatoms. The summed E-state index contributed by atoms with van der Waals surface area (Å²) in [5, 5.41) is 2.87. The van der Waals surface area contributed by atoms with Crippen LogP contribution in [0.1, 0.15) is 35.9 Å². The quantitative estimate of drug-likeness (QED) is 0.781. The summed E-state index contributed by atoms with van der Waals surface area (Å²) in [6.45, 7) is 4.61. The first kappa shape index (κ1) is 13.1. The van der Waals surface area contributed by atoms with E-state index in [1.54, 1.807) is 6.07 Å². The molecular formula is C12H18ClNO2. The van der Waals surface area contributed by atoms with Crippen LogP contribution >= 0.6 is 11.6 Å². The molecule has 0 aliphatic carbocycles. The second-order valence-electron chi connectivity index (χ2n) is 3.89. The summed E-state index contributed by atoms with van der Waals surface area (Å²) < 4.78 is 5.11. The first-order valence-corrected chi connectivity index (χ1v) is 6.10. The van der Waals surface area contributed by atoms with Gasteiger partial charge in [-0.05, 0) is 25.3 Å². The van der Waals surface area contributed by atoms with Crippen molar-refractivity contribution < 1.29 is 9.21 Å². The molecule has 1 heterocycles. The van der Waals surface area contributed by atoms with Gasteiger partial charge in [0.05, 0.1) is 6.26 Å². The number of hydrogen-bond donors (Lipinski definition) is 1. The lowest BCUT2D eigenvalue weighted by Crippen LogP contribution is -2.29. The van der Waals surface area contributed by atoms with Crippen molar-refractivity contribution >= 4 is 17.5 Å². The Kier molecular flexibility index (Phi) is 5.39. The molecule has 0 spiro atoms. The first-order valence-electron chi connectivity index (χ1n) is 5.57. The molecule has 0 aromatic carbocycles. The fraction of sp³-hybridized carbons (Fsp3) is 0.583. The number of amides is 1. The van der Waals surface area contributed by atoms with Crippen molar-refractivity contribution in [2.75, 3.05) is 12.4 Å². The van der Waals surface area contributed by atoms with Crippen LogP contribution in [0.2, 0.25) is 0 Å². The maximum absolute atomic E-state index is 11.7. The van der Waals surface area contributed by atoms with Crippen molar-refractivity contribution in [3.05, 3.63) is 23.7 Å². The molecule has 1 unspecified atom stereocenters. The lowest BCUT2D eigenvalue weighted by atomic mass is 10.0. The van der Waals surface area contributed by atoms with Crippen LogP contribution in [0.3, 0.4) is 0 Å². The summed E-state index contributed by atoms with van der Waals surface area (Å²) in [5.41, 5.74) is 0.864. The van der Waals surface area contributed by atoms with Gasteiger partial charge in [-0.2, -0.15) is 0 Å². The second kappa shape index (κ2) is 6.59. The van der Waals surface area contributed by atoms with E-state index in [4.69, 9.17) is 16.0 Å². The zero-order valence-corrected chi connectivity index (χ0v) is 10.5. The molecule has 0 radical (unpaired) electrons. The van der Waals surface area contributed by atoms with Crippen molar-refractivity contribution in [3.8, 4) is 0 Å². The van der Waals surface area contributed by atoms with Crippen LogP contribution in [0.5, 0.6) is 0 Å². The van der Waals surface area contributed by atoms with Gasteiger partial charge in [0.25, 0.3) is 5.91 Å². The summed E-state index contributed by atoms with van der Waals surface area (Å²) in [6.07, 6.45) is 3.47. The van der Waals surface area contributed by atoms with Gasteiger partial charge in [0.15, 0.2) is 5.76 Å². The van der Waals surface area contributed by atoms with Crippen LogP contribution in [-0.4, -0.2) is 18.3 Å². The fourth-order valence-electron chi connectivity index (χ4n) is 1.53. The van der Waals surface area contributed by atoms with Gasteiger partial charge < -0.3 is 9.73 Å². The molecule has 0 saturated carbocycles. The van der Waals surface area contributed by atoms with E-state index in [1.165, 1.54) is 6.26 Å². The summed E-state index contributed by atoms with van der Waals surface area (Å²) in [5.74, 6) is 1.33. The van der Waals surface area contributed by atoms with Crippen molar-refractivity contribution in [3.63, 3.8) is 0 Å². The van der Waals surface area contributed by atoms with E-state index >= 15 is 0 Å². The second-order valence-corrected chi connectivity index (χ2v) is 4.27. The standard InChI is InChI=1S/C12H18ClNO2/c1-3-10(4-6-13)8-14-12(15)11-9(2)5-7-16-11/h5,7,10H,3-4,6,8H2,1-2H3,(H,14,15). The number of carbonyl (C=O) groups is 1. The molecular weight excluding hydrogens is 226 g/mol. The van der Waals surface area contributed by atoms with E-state index < -0.39 is 0 Å². The topological polar surface area (TPSA) is 42.2 Å². The third-order valence-electron chi connectivity index (χ3n) is 2.71. The van der Waals surface area contributed by atoms with Gasteiger partial charge in [0.2, 0.25) is 0 Å². The highest BCUT2D eigenvalue weighted by atomic mass is 35.5. The number of aryl methyl sites for hydroxylation is 1. The van der Waals surface area contributed by atoms with Crippen LogP contribution in [-0.2, 0) is 0 Å². The number of hydrogen-bond acceptors (Lipinski definition) is 2. The van der Waals surface area contributed by atoms with E-state index in [2.05, 4.69) is 12.2 Å². The summed E-state index contributed by atoms with van der Waals surface area (Å²) in [4.78, 5) is 11.7. The molecule has 0 aliphatic heterocycles. The van der Waals surface area contributed by atoms with Gasteiger partial charge in [0.1, 0.15) is 0 Å². The van der Waals surface area contributed by atoms with Gasteiger partial charge in [-0.25, -0.2) is 0 Å². The molecule has 1 N–H and O–H groups in total. The van der Waals surface area contributed by atoms with Crippen LogP contribution < -0.4 is 5.32 Å². The number of furan rings is 1. The van der Waals surface area contributed by atoms with Crippen molar-refractivity contribution in [1.82, 2.24) is 5.32 Å². The Bertz CT molecular complexity index is 336. The Morgan fingerprint density at radius 3 is 2.88 bits per heavy atom. The highest BCUT2D eigenvalue weighted by Gasteiger charge is 2.14. The highest BCUT2D eigenvalue weighted by Crippen LogP contribution is 2.10. The normalized spacial score (nSPS) is 12.4. The lowest BCUT2D eigenvalue weighted by Gasteiger charge is -2.13. The molecule has 0 fully saturated rings. The molecule has 1 amide bonds. The molecule has 0 saturated heterocycles. The van der Waals surface area contributed by atoms with E-state index in [1.807, 2.05) is 6.92 Å². The van der Waals surface area contributed by atoms with E-state index in [0.29, 0.717) is 24.1 Å². The third-order valence-corrected chi connectivity index (χ3v) is 2.93. The number of rotatable bonds is 6. The molecule has 1 aromatic rings. The van der Waals surface area contributed by atoms with Crippen LogP contribution in [0.15, 0.2) is 16.7 Å². The molecule has 0 aliphatic rings. The summed E-state index contributed by atoms with van der Waals surface area (Å²) in [7, 11) is 0. The monoisotopic (exact) mass is 243 g/mol. The van der Waals surface area contributed by atoms with E-state index in [0.717, 1.165) is 18.4 Å². The van der Waals surface area contributed by atoms with Gasteiger partial charge in [-0.15, -0.1) is 11.6 Å². The Hall–Kier alpha value is -0.960. The SMILES string of the molecule is CCC(CCCl)CNC(=O)c1occc1C. The van der Waals surface area contributed by atoms with E-state index in [9.17, 15) is 4.79 Å². The number of alkyl halides is 1. The van der Waals surface area contributed by atoms with Crippen LogP contribution in [0.4, 0.5) is 0 Å². The Balaban J connectivity index is 2.43. The predicted octanol–water partition coefficient (Wildman–Crippen LogP) is 2.97. The minimum Gasteiger partial charge on any atom is -0.459 e. The lowest BCUT2D eigenvalue weighted by molar-refractivity contribution is 0.0918. The maximum atomic E-state index is 11.7. The van der Waals surface area contributed by atoms with Crippen molar-refractivity contribution in [2.24, 2.45) is 5.92 Å². The summed E-state index contributed by atoms with van der Waals surface area (Å²) in [6, 6.07) is 1.78. The molecule has 90 valence electrons. The Morgan fingerprint density at radius 2 is 2.38 bits per heavy atom. The molecule has 0 bridgehead atoms. The molecule has 1 aromatic heterocycles. The van der Waals surface area contributed by atoms with Crippen molar-refractivity contribution in [2.45, 2.75) is 26.7 Å². The molecule has 16 heavy (non-hydrogen) atoms. The molecule has 1 atom stereocenters. The zero-order valence-electron chi connectivity index (χ0n) is 9.75. The smallest absolute Gasteiger partial charge is 0.287 e. The third kappa shape index (κ3) is 3.56. The summed E-state index contributed by atoms with van der Waals surface area (Å²) >= 11 is 5.68. The maximum Gasteiger partial charge on any atom is 0.287 e. The van der Waals surface area contributed by atoms with Crippen LogP contribution in [0, 0.1) is 12.8 Å². The number of nitrogens with one attached hydrogen (secondary N) is 1. The Labute approximate surface area is 101 Å². The Morgan fingerprint density at radius 1 is 1.62 bits per heavy atom. The average molecular weight is 244 g/mol. The molecule has 1 rings (SSSR count). The van der Waals surface area contributed by atoms with Gasteiger partial charge in [-0.1, -0.05) is 13.3 Å². The number of halogens is 1. The van der Waals surface area contributed by atoms with Crippen molar-refractivity contribution in [1.29, 1.82) is 0 Å².